The maximum Gasteiger partial charge on any atom is 0.127 e. The van der Waals surface area contributed by atoms with E-state index in [1.165, 1.54) is 6.07 Å². The maximum atomic E-state index is 13.8. The lowest BCUT2D eigenvalue weighted by atomic mass is 9.88. The minimum Gasteiger partial charge on any atom is -0.398 e. The number of nitrogen functional groups attached to an aromatic ring is 1. The molecule has 2 aromatic carbocycles. The molecule has 2 N–H and O–H groups in total. The molecule has 1 atom stereocenters. The molecule has 0 saturated heterocycles. The van der Waals surface area contributed by atoms with Gasteiger partial charge in [0.25, 0.3) is 0 Å². The molecule has 0 heterocycles. The van der Waals surface area contributed by atoms with E-state index in [-0.39, 0.29) is 11.7 Å². The van der Waals surface area contributed by atoms with Crippen molar-refractivity contribution in [3.8, 4) is 0 Å². The molecule has 17 heavy (non-hydrogen) atoms. The Balaban J connectivity index is 2.48. The Morgan fingerprint density at radius 2 is 1.59 bits per heavy atom. The van der Waals surface area contributed by atoms with Crippen molar-refractivity contribution in [2.45, 2.75) is 19.3 Å². The van der Waals surface area contributed by atoms with Gasteiger partial charge in [0.1, 0.15) is 5.82 Å². The minimum absolute atomic E-state index is 0.0254. The van der Waals surface area contributed by atoms with Gasteiger partial charge in [-0.1, -0.05) is 43.3 Å². The largest absolute Gasteiger partial charge is 0.398 e. The third-order valence-corrected chi connectivity index (χ3v) is 3.06. The van der Waals surface area contributed by atoms with Crippen molar-refractivity contribution in [2.24, 2.45) is 0 Å². The molecule has 0 fully saturated rings. The molecule has 88 valence electrons. The molecular formula is C15H16FN. The van der Waals surface area contributed by atoms with Crippen LogP contribution >= 0.6 is 0 Å². The van der Waals surface area contributed by atoms with Gasteiger partial charge in [-0.05, 0) is 29.7 Å². The van der Waals surface area contributed by atoms with Crippen molar-refractivity contribution in [1.29, 1.82) is 0 Å². The number of hydrogen-bond acceptors (Lipinski definition) is 1. The van der Waals surface area contributed by atoms with Crippen LogP contribution in [0.2, 0.25) is 0 Å². The molecule has 0 saturated carbocycles. The van der Waals surface area contributed by atoms with E-state index in [4.69, 9.17) is 5.73 Å². The van der Waals surface area contributed by atoms with Gasteiger partial charge in [-0.3, -0.25) is 0 Å². The number of hydrogen-bond donors (Lipinski definition) is 1. The minimum atomic E-state index is -0.164. The molecule has 0 aliphatic carbocycles. The molecule has 0 radical (unpaired) electrons. The van der Waals surface area contributed by atoms with Crippen LogP contribution in [0.4, 0.5) is 10.1 Å². The summed E-state index contributed by atoms with van der Waals surface area (Å²) < 4.78 is 13.8. The smallest absolute Gasteiger partial charge is 0.127 e. The molecule has 0 aliphatic rings. The van der Waals surface area contributed by atoms with E-state index < -0.39 is 0 Å². The van der Waals surface area contributed by atoms with Gasteiger partial charge in [-0.15, -0.1) is 0 Å². The van der Waals surface area contributed by atoms with E-state index in [1.54, 1.807) is 6.07 Å². The van der Waals surface area contributed by atoms with Crippen LogP contribution in [0.15, 0.2) is 48.5 Å². The average molecular weight is 229 g/mol. The highest BCUT2D eigenvalue weighted by molar-refractivity contribution is 5.51. The number of para-hydroxylation sites is 1. The van der Waals surface area contributed by atoms with Gasteiger partial charge in [0.15, 0.2) is 0 Å². The fraction of sp³-hybridized carbons (Fsp3) is 0.200. The molecule has 2 rings (SSSR count). The lowest BCUT2D eigenvalue weighted by molar-refractivity contribution is 0.592. The average Bonchev–Trinajstić information content (AvgIpc) is 2.34. The third kappa shape index (κ3) is 2.31. The van der Waals surface area contributed by atoms with Crippen molar-refractivity contribution >= 4 is 5.69 Å². The normalized spacial score (nSPS) is 12.4. The Kier molecular flexibility index (Phi) is 3.43. The lowest BCUT2D eigenvalue weighted by Gasteiger charge is -2.18. The monoisotopic (exact) mass is 229 g/mol. The van der Waals surface area contributed by atoms with E-state index in [0.29, 0.717) is 5.56 Å². The first-order valence-corrected chi connectivity index (χ1v) is 5.83. The van der Waals surface area contributed by atoms with Gasteiger partial charge in [0.2, 0.25) is 0 Å². The summed E-state index contributed by atoms with van der Waals surface area (Å²) in [5.74, 6) is -0.139. The second-order valence-electron chi connectivity index (χ2n) is 4.11. The Labute approximate surface area is 101 Å². The van der Waals surface area contributed by atoms with Crippen LogP contribution in [-0.2, 0) is 0 Å². The molecule has 0 amide bonds. The zero-order chi connectivity index (χ0) is 12.3. The lowest BCUT2D eigenvalue weighted by Crippen LogP contribution is -2.05. The fourth-order valence-corrected chi connectivity index (χ4v) is 2.19. The van der Waals surface area contributed by atoms with Crippen molar-refractivity contribution < 1.29 is 4.39 Å². The van der Waals surface area contributed by atoms with Gasteiger partial charge >= 0.3 is 0 Å². The van der Waals surface area contributed by atoms with E-state index in [1.807, 2.05) is 43.3 Å². The van der Waals surface area contributed by atoms with Crippen LogP contribution in [-0.4, -0.2) is 0 Å². The molecule has 2 aromatic rings. The van der Waals surface area contributed by atoms with Crippen molar-refractivity contribution in [1.82, 2.24) is 0 Å². The predicted molar refractivity (Wildman–Crippen MR) is 69.4 cm³/mol. The molecule has 1 unspecified atom stereocenters. The Bertz CT molecular complexity index is 462. The second kappa shape index (κ2) is 5.00. The quantitative estimate of drug-likeness (QED) is 0.792. The van der Waals surface area contributed by atoms with Crippen molar-refractivity contribution in [3.05, 3.63) is 65.5 Å². The highest BCUT2D eigenvalue weighted by atomic mass is 19.1. The van der Waals surface area contributed by atoms with E-state index in [0.717, 1.165) is 17.7 Å². The maximum absolute atomic E-state index is 13.8. The van der Waals surface area contributed by atoms with Crippen molar-refractivity contribution in [2.75, 3.05) is 5.73 Å². The van der Waals surface area contributed by atoms with Crippen LogP contribution in [0.5, 0.6) is 0 Å². The van der Waals surface area contributed by atoms with Gasteiger partial charge < -0.3 is 5.73 Å². The summed E-state index contributed by atoms with van der Waals surface area (Å²) in [5.41, 5.74) is 8.40. The number of rotatable bonds is 3. The standard InChI is InChI=1S/C15H16FN/c1-2-11(12-7-3-5-9-14(12)16)13-8-4-6-10-15(13)17/h3-11H,2,17H2,1H3. The van der Waals surface area contributed by atoms with Gasteiger partial charge in [0, 0.05) is 11.6 Å². The molecule has 0 spiro atoms. The molecule has 2 heteroatoms. The molecule has 0 aromatic heterocycles. The van der Waals surface area contributed by atoms with E-state index >= 15 is 0 Å². The number of nitrogens with two attached hydrogens (primary N) is 1. The van der Waals surface area contributed by atoms with Crippen LogP contribution in [0.25, 0.3) is 0 Å². The SMILES string of the molecule is CCC(c1ccccc1N)c1ccccc1F. The van der Waals surface area contributed by atoms with Crippen LogP contribution < -0.4 is 5.73 Å². The van der Waals surface area contributed by atoms with Crippen LogP contribution in [0.1, 0.15) is 30.4 Å². The van der Waals surface area contributed by atoms with Gasteiger partial charge in [-0.25, -0.2) is 4.39 Å². The number of halogens is 1. The van der Waals surface area contributed by atoms with Crippen molar-refractivity contribution in [3.63, 3.8) is 0 Å². The van der Waals surface area contributed by atoms with Gasteiger partial charge in [0.05, 0.1) is 0 Å². The Hall–Kier alpha value is -1.83. The number of anilines is 1. The molecule has 0 bridgehead atoms. The van der Waals surface area contributed by atoms with Gasteiger partial charge in [-0.2, -0.15) is 0 Å². The zero-order valence-electron chi connectivity index (χ0n) is 9.86. The first-order valence-electron chi connectivity index (χ1n) is 5.83. The summed E-state index contributed by atoms with van der Waals surface area (Å²) >= 11 is 0. The summed E-state index contributed by atoms with van der Waals surface area (Å²) in [5, 5.41) is 0. The summed E-state index contributed by atoms with van der Waals surface area (Å²) in [4.78, 5) is 0. The predicted octanol–water partition coefficient (Wildman–Crippen LogP) is 3.95. The van der Waals surface area contributed by atoms with Crippen LogP contribution in [0, 0.1) is 5.82 Å². The Morgan fingerprint density at radius 3 is 2.18 bits per heavy atom. The highest BCUT2D eigenvalue weighted by Gasteiger charge is 2.17. The van der Waals surface area contributed by atoms with E-state index in [9.17, 15) is 4.39 Å². The summed E-state index contributed by atoms with van der Waals surface area (Å²) in [6.45, 7) is 2.05. The molecule has 0 aliphatic heterocycles. The fourth-order valence-electron chi connectivity index (χ4n) is 2.19. The summed E-state index contributed by atoms with van der Waals surface area (Å²) in [6.07, 6.45) is 0.829. The van der Waals surface area contributed by atoms with Crippen LogP contribution in [0.3, 0.4) is 0 Å². The molecule has 1 nitrogen and oxygen atoms in total. The Morgan fingerprint density at radius 1 is 1.00 bits per heavy atom. The first-order chi connectivity index (χ1) is 8.24. The third-order valence-electron chi connectivity index (χ3n) is 3.06. The number of benzene rings is 2. The first kappa shape index (κ1) is 11.6. The topological polar surface area (TPSA) is 26.0 Å². The summed E-state index contributed by atoms with van der Waals surface area (Å²) in [6, 6.07) is 14.6. The molecular weight excluding hydrogens is 213 g/mol. The second-order valence-corrected chi connectivity index (χ2v) is 4.11. The zero-order valence-corrected chi connectivity index (χ0v) is 9.86. The van der Waals surface area contributed by atoms with E-state index in [2.05, 4.69) is 0 Å². The highest BCUT2D eigenvalue weighted by Crippen LogP contribution is 2.32. The summed E-state index contributed by atoms with van der Waals surface area (Å²) in [7, 11) is 0.